The van der Waals surface area contributed by atoms with Gasteiger partial charge in [0.2, 0.25) is 5.91 Å². The Balaban J connectivity index is 1.87. The minimum atomic E-state index is -0.219. The van der Waals surface area contributed by atoms with Gasteiger partial charge in [-0.1, -0.05) is 24.3 Å². The molecule has 156 valence electrons. The number of methoxy groups -OCH3 is 1. The fraction of sp³-hybridized carbons (Fsp3) is 0.304. The highest BCUT2D eigenvalue weighted by atomic mass is 32.2. The number of hydrogen-bond donors (Lipinski definition) is 1. The second-order valence-corrected chi connectivity index (χ2v) is 8.54. The van der Waals surface area contributed by atoms with Gasteiger partial charge in [0.15, 0.2) is 11.5 Å². The molecular formula is C23H25N3O3S. The van der Waals surface area contributed by atoms with E-state index in [-0.39, 0.29) is 16.4 Å². The number of rotatable bonds is 5. The first kappa shape index (κ1) is 20.3. The average Bonchev–Trinajstić information content (AvgIpc) is 3.01. The van der Waals surface area contributed by atoms with Crippen LogP contribution in [0.5, 0.6) is 11.5 Å². The van der Waals surface area contributed by atoms with E-state index in [0.29, 0.717) is 18.1 Å². The van der Waals surface area contributed by atoms with Crippen molar-refractivity contribution < 1.29 is 14.3 Å². The summed E-state index contributed by atoms with van der Waals surface area (Å²) in [6, 6.07) is 15.8. The third-order valence-corrected chi connectivity index (χ3v) is 6.51. The van der Waals surface area contributed by atoms with Gasteiger partial charge in [0.1, 0.15) is 5.82 Å². The minimum absolute atomic E-state index is 0.0290. The maximum atomic E-state index is 12.8. The lowest BCUT2D eigenvalue weighted by Gasteiger charge is -2.19. The summed E-state index contributed by atoms with van der Waals surface area (Å²) in [7, 11) is 1.64. The molecule has 2 heterocycles. The van der Waals surface area contributed by atoms with Crippen LogP contribution in [-0.4, -0.2) is 34.7 Å². The van der Waals surface area contributed by atoms with Crippen molar-refractivity contribution in [2.75, 3.05) is 19.0 Å². The SMILES string of the molecule is CCOc1ccc(C2SC(C)C(=O)Nc3c2c(C)nn3-c2ccccc2)cc1OC. The van der Waals surface area contributed by atoms with E-state index >= 15 is 0 Å². The summed E-state index contributed by atoms with van der Waals surface area (Å²) in [5.74, 6) is 2.08. The van der Waals surface area contributed by atoms with E-state index < -0.39 is 0 Å². The smallest absolute Gasteiger partial charge is 0.238 e. The molecule has 1 N–H and O–H groups in total. The van der Waals surface area contributed by atoms with E-state index in [4.69, 9.17) is 14.6 Å². The summed E-state index contributed by atoms with van der Waals surface area (Å²) < 4.78 is 13.1. The molecule has 0 bridgehead atoms. The van der Waals surface area contributed by atoms with Crippen molar-refractivity contribution in [3.63, 3.8) is 0 Å². The number of nitrogens with one attached hydrogen (secondary N) is 1. The number of carbonyl (C=O) groups is 1. The Labute approximate surface area is 180 Å². The molecule has 1 aliphatic heterocycles. The number of para-hydroxylation sites is 1. The molecule has 30 heavy (non-hydrogen) atoms. The third-order valence-electron chi connectivity index (χ3n) is 5.11. The Hall–Kier alpha value is -2.93. The molecule has 3 aromatic rings. The van der Waals surface area contributed by atoms with Gasteiger partial charge in [-0.2, -0.15) is 5.10 Å². The first-order valence-electron chi connectivity index (χ1n) is 9.95. The monoisotopic (exact) mass is 423 g/mol. The highest BCUT2D eigenvalue weighted by Crippen LogP contribution is 2.47. The molecule has 1 aliphatic rings. The molecule has 4 rings (SSSR count). The van der Waals surface area contributed by atoms with Crippen molar-refractivity contribution in [1.29, 1.82) is 0 Å². The highest BCUT2D eigenvalue weighted by Gasteiger charge is 2.34. The predicted octanol–water partition coefficient (Wildman–Crippen LogP) is 4.75. The quantitative estimate of drug-likeness (QED) is 0.641. The first-order valence-corrected chi connectivity index (χ1v) is 10.9. The number of aromatic nitrogens is 2. The van der Waals surface area contributed by atoms with Crippen molar-refractivity contribution >= 4 is 23.5 Å². The summed E-state index contributed by atoms with van der Waals surface area (Å²) in [4.78, 5) is 12.8. The Morgan fingerprint density at radius 2 is 1.93 bits per heavy atom. The van der Waals surface area contributed by atoms with Crippen LogP contribution < -0.4 is 14.8 Å². The Bertz CT molecular complexity index is 1070. The zero-order valence-electron chi connectivity index (χ0n) is 17.5. The molecule has 1 aromatic heterocycles. The maximum absolute atomic E-state index is 12.8. The molecule has 7 heteroatoms. The number of nitrogens with zero attached hydrogens (tertiary/aromatic N) is 2. The highest BCUT2D eigenvalue weighted by molar-refractivity contribution is 8.01. The summed E-state index contributed by atoms with van der Waals surface area (Å²) in [5.41, 5.74) is 3.84. The van der Waals surface area contributed by atoms with Crippen LogP contribution in [0, 0.1) is 6.92 Å². The van der Waals surface area contributed by atoms with Crippen molar-refractivity contribution in [1.82, 2.24) is 9.78 Å². The molecule has 2 aromatic carbocycles. The van der Waals surface area contributed by atoms with Crippen molar-refractivity contribution in [2.24, 2.45) is 0 Å². The number of ether oxygens (including phenoxy) is 2. The largest absolute Gasteiger partial charge is 0.493 e. The van der Waals surface area contributed by atoms with Gasteiger partial charge in [-0.05, 0) is 50.6 Å². The Morgan fingerprint density at radius 1 is 1.17 bits per heavy atom. The van der Waals surface area contributed by atoms with Gasteiger partial charge in [0, 0.05) is 5.56 Å². The number of benzene rings is 2. The number of fused-ring (bicyclic) bond motifs is 1. The van der Waals surface area contributed by atoms with Crippen molar-refractivity contribution in [3.8, 4) is 17.2 Å². The molecule has 6 nitrogen and oxygen atoms in total. The zero-order valence-corrected chi connectivity index (χ0v) is 18.3. The molecule has 2 unspecified atom stereocenters. The fourth-order valence-corrected chi connectivity index (χ4v) is 4.96. The minimum Gasteiger partial charge on any atom is -0.493 e. The second-order valence-electron chi connectivity index (χ2n) is 7.09. The van der Waals surface area contributed by atoms with E-state index in [2.05, 4.69) is 5.32 Å². The summed E-state index contributed by atoms with van der Waals surface area (Å²) in [5, 5.41) is 7.57. The van der Waals surface area contributed by atoms with Crippen LogP contribution in [0.1, 0.15) is 35.9 Å². The first-order chi connectivity index (χ1) is 14.5. The van der Waals surface area contributed by atoms with Gasteiger partial charge in [0.25, 0.3) is 0 Å². The molecule has 2 atom stereocenters. The molecule has 0 saturated heterocycles. The van der Waals surface area contributed by atoms with Gasteiger partial charge in [-0.15, -0.1) is 11.8 Å². The lowest BCUT2D eigenvalue weighted by atomic mass is 10.0. The van der Waals surface area contributed by atoms with Crippen molar-refractivity contribution in [2.45, 2.75) is 31.3 Å². The van der Waals surface area contributed by atoms with Gasteiger partial charge < -0.3 is 14.8 Å². The number of anilines is 1. The average molecular weight is 424 g/mol. The normalized spacial score (nSPS) is 18.3. The van der Waals surface area contributed by atoms with Crippen LogP contribution in [0.25, 0.3) is 5.69 Å². The number of hydrogen-bond acceptors (Lipinski definition) is 5. The van der Waals surface area contributed by atoms with Gasteiger partial charge >= 0.3 is 0 Å². The molecule has 0 fully saturated rings. The van der Waals surface area contributed by atoms with Crippen molar-refractivity contribution in [3.05, 3.63) is 65.4 Å². The van der Waals surface area contributed by atoms with Crippen LogP contribution in [0.15, 0.2) is 48.5 Å². The van der Waals surface area contributed by atoms with E-state index in [1.807, 2.05) is 74.0 Å². The predicted molar refractivity (Wildman–Crippen MR) is 120 cm³/mol. The molecule has 1 amide bonds. The van der Waals surface area contributed by atoms with E-state index in [0.717, 1.165) is 28.3 Å². The van der Waals surface area contributed by atoms with Crippen LogP contribution in [0.4, 0.5) is 5.82 Å². The maximum Gasteiger partial charge on any atom is 0.238 e. The van der Waals surface area contributed by atoms with E-state index in [1.165, 1.54) is 0 Å². The molecule has 0 aliphatic carbocycles. The fourth-order valence-electron chi connectivity index (χ4n) is 3.65. The Morgan fingerprint density at radius 3 is 2.63 bits per heavy atom. The van der Waals surface area contributed by atoms with E-state index in [9.17, 15) is 4.79 Å². The summed E-state index contributed by atoms with van der Waals surface area (Å²) in [6.45, 7) is 6.43. The van der Waals surface area contributed by atoms with Gasteiger partial charge in [0.05, 0.1) is 35.6 Å². The van der Waals surface area contributed by atoms with Crippen LogP contribution in [0.2, 0.25) is 0 Å². The standard InChI is InChI=1S/C23H25N3O3S/c1-5-29-18-12-11-16(13-19(18)28-4)21-20-14(2)25-26(17-9-7-6-8-10-17)22(20)24-23(27)15(3)30-21/h6-13,15,21H,5H2,1-4H3,(H,24,27). The zero-order chi connectivity index (χ0) is 21.3. The van der Waals surface area contributed by atoms with Crippen LogP contribution in [0.3, 0.4) is 0 Å². The number of amides is 1. The molecule has 0 saturated carbocycles. The summed E-state index contributed by atoms with van der Waals surface area (Å²) >= 11 is 1.61. The topological polar surface area (TPSA) is 65.4 Å². The number of aryl methyl sites for hydroxylation is 1. The van der Waals surface area contributed by atoms with Crippen LogP contribution in [-0.2, 0) is 4.79 Å². The van der Waals surface area contributed by atoms with Gasteiger partial charge in [-0.25, -0.2) is 4.68 Å². The number of thioether (sulfide) groups is 1. The summed E-state index contributed by atoms with van der Waals surface area (Å²) in [6.07, 6.45) is 0. The molecular weight excluding hydrogens is 398 g/mol. The van der Waals surface area contributed by atoms with E-state index in [1.54, 1.807) is 18.9 Å². The lowest BCUT2D eigenvalue weighted by Crippen LogP contribution is -2.22. The van der Waals surface area contributed by atoms with Gasteiger partial charge in [-0.3, -0.25) is 4.79 Å². The second kappa shape index (κ2) is 8.44. The number of carbonyl (C=O) groups excluding carboxylic acids is 1. The molecule has 0 spiro atoms. The lowest BCUT2D eigenvalue weighted by molar-refractivity contribution is -0.115. The van der Waals surface area contributed by atoms with Crippen LogP contribution >= 0.6 is 11.8 Å². The third kappa shape index (κ3) is 3.65. The molecule has 0 radical (unpaired) electrons. The Kier molecular flexibility index (Phi) is 5.72.